The molecule has 1 aromatic rings. The third kappa shape index (κ3) is 2.40. The molecule has 1 rings (SSSR count). The van der Waals surface area contributed by atoms with E-state index in [2.05, 4.69) is 6.58 Å². The van der Waals surface area contributed by atoms with Crippen LogP contribution in [0, 0.1) is 0 Å². The summed E-state index contributed by atoms with van der Waals surface area (Å²) in [5.41, 5.74) is 12.9. The Morgan fingerprint density at radius 1 is 1.33 bits per heavy atom. The van der Waals surface area contributed by atoms with E-state index in [1.807, 2.05) is 30.3 Å². The third-order valence-corrected chi connectivity index (χ3v) is 1.77. The lowest BCUT2D eigenvalue weighted by Gasteiger charge is -2.10. The molecule has 0 aliphatic rings. The largest absolute Gasteiger partial charge is 0.401 e. The van der Waals surface area contributed by atoms with Gasteiger partial charge in [0, 0.05) is 11.7 Å². The van der Waals surface area contributed by atoms with E-state index in [1.54, 1.807) is 0 Å². The molecule has 0 saturated carbocycles. The van der Waals surface area contributed by atoms with Gasteiger partial charge in [-0.15, -0.1) is 0 Å². The van der Waals surface area contributed by atoms with Gasteiger partial charge in [0.15, 0.2) is 0 Å². The van der Waals surface area contributed by atoms with Gasteiger partial charge in [-0.2, -0.15) is 0 Å². The van der Waals surface area contributed by atoms with Crippen molar-refractivity contribution in [1.29, 1.82) is 0 Å². The zero-order chi connectivity index (χ0) is 8.97. The zero-order valence-electron chi connectivity index (χ0n) is 7.03. The van der Waals surface area contributed by atoms with E-state index in [-0.39, 0.29) is 6.04 Å². The van der Waals surface area contributed by atoms with Crippen LogP contribution in [-0.2, 0) is 6.42 Å². The van der Waals surface area contributed by atoms with Crippen LogP contribution in [0.15, 0.2) is 42.6 Å². The maximum atomic E-state index is 5.72. The normalized spacial score (nSPS) is 12.4. The van der Waals surface area contributed by atoms with Crippen LogP contribution < -0.4 is 11.5 Å². The SMILES string of the molecule is C=C(N)C(N)Cc1ccccc1. The van der Waals surface area contributed by atoms with Crippen LogP contribution in [0.2, 0.25) is 0 Å². The Morgan fingerprint density at radius 2 is 1.92 bits per heavy atom. The first-order chi connectivity index (χ1) is 5.70. The molecule has 4 N–H and O–H groups in total. The fourth-order valence-electron chi connectivity index (χ4n) is 0.999. The summed E-state index contributed by atoms with van der Waals surface area (Å²) in [6, 6.07) is 9.88. The Bertz CT molecular complexity index is 254. The third-order valence-electron chi connectivity index (χ3n) is 1.77. The second-order valence-electron chi connectivity index (χ2n) is 2.87. The van der Waals surface area contributed by atoms with Crippen molar-refractivity contribution in [2.24, 2.45) is 11.5 Å². The van der Waals surface area contributed by atoms with Crippen LogP contribution in [0.5, 0.6) is 0 Å². The standard InChI is InChI=1S/C10H14N2/c1-8(11)10(12)7-9-5-3-2-4-6-9/h2-6,10H,1,7,11-12H2. The average Bonchev–Trinajstić information content (AvgIpc) is 2.06. The first-order valence-electron chi connectivity index (χ1n) is 3.94. The summed E-state index contributed by atoms with van der Waals surface area (Å²) in [6.45, 7) is 3.60. The van der Waals surface area contributed by atoms with Gasteiger partial charge in [0.05, 0.1) is 0 Å². The van der Waals surface area contributed by atoms with E-state index in [0.29, 0.717) is 5.70 Å². The predicted molar refractivity (Wildman–Crippen MR) is 51.4 cm³/mol. The van der Waals surface area contributed by atoms with E-state index in [9.17, 15) is 0 Å². The fraction of sp³-hybridized carbons (Fsp3) is 0.200. The molecule has 2 nitrogen and oxygen atoms in total. The number of nitrogens with two attached hydrogens (primary N) is 2. The second-order valence-corrected chi connectivity index (χ2v) is 2.87. The lowest BCUT2D eigenvalue weighted by molar-refractivity contribution is 0.757. The molecule has 0 amide bonds. The molecule has 0 heterocycles. The fourth-order valence-corrected chi connectivity index (χ4v) is 0.999. The summed E-state index contributed by atoms with van der Waals surface area (Å²) in [6.07, 6.45) is 0.760. The molecule has 0 aliphatic carbocycles. The summed E-state index contributed by atoms with van der Waals surface area (Å²) in [5.74, 6) is 0. The molecule has 0 bridgehead atoms. The Kier molecular flexibility index (Phi) is 2.88. The summed E-state index contributed by atoms with van der Waals surface area (Å²) in [7, 11) is 0. The smallest absolute Gasteiger partial charge is 0.0477 e. The summed E-state index contributed by atoms with van der Waals surface area (Å²) < 4.78 is 0. The van der Waals surface area contributed by atoms with Crippen molar-refractivity contribution in [3.63, 3.8) is 0 Å². The summed E-state index contributed by atoms with van der Waals surface area (Å²) in [4.78, 5) is 0. The summed E-state index contributed by atoms with van der Waals surface area (Å²) >= 11 is 0. The van der Waals surface area contributed by atoms with Crippen molar-refractivity contribution in [3.05, 3.63) is 48.2 Å². The van der Waals surface area contributed by atoms with Crippen molar-refractivity contribution >= 4 is 0 Å². The van der Waals surface area contributed by atoms with Crippen LogP contribution in [0.4, 0.5) is 0 Å². The van der Waals surface area contributed by atoms with Crippen LogP contribution in [0.3, 0.4) is 0 Å². The molecule has 0 fully saturated rings. The molecule has 12 heavy (non-hydrogen) atoms. The Balaban J connectivity index is 2.58. The molecular formula is C10H14N2. The number of hydrogen-bond donors (Lipinski definition) is 2. The first-order valence-corrected chi connectivity index (χ1v) is 3.94. The molecule has 1 unspecified atom stereocenters. The van der Waals surface area contributed by atoms with E-state index in [1.165, 1.54) is 5.56 Å². The number of benzene rings is 1. The van der Waals surface area contributed by atoms with Crippen LogP contribution in [0.1, 0.15) is 5.56 Å². The maximum Gasteiger partial charge on any atom is 0.0477 e. The molecule has 1 aromatic carbocycles. The highest BCUT2D eigenvalue weighted by molar-refractivity contribution is 5.18. The highest BCUT2D eigenvalue weighted by Crippen LogP contribution is 2.03. The minimum absolute atomic E-state index is 0.132. The number of hydrogen-bond acceptors (Lipinski definition) is 2. The molecule has 2 heteroatoms. The van der Waals surface area contributed by atoms with Gasteiger partial charge in [-0.1, -0.05) is 36.9 Å². The van der Waals surface area contributed by atoms with Crippen molar-refractivity contribution in [2.45, 2.75) is 12.5 Å². The Labute approximate surface area is 72.9 Å². The predicted octanol–water partition coefficient (Wildman–Crippen LogP) is 1.03. The monoisotopic (exact) mass is 162 g/mol. The van der Waals surface area contributed by atoms with Crippen LogP contribution in [-0.4, -0.2) is 6.04 Å². The summed E-state index contributed by atoms with van der Waals surface area (Å²) in [5, 5.41) is 0. The zero-order valence-corrected chi connectivity index (χ0v) is 7.03. The lowest BCUT2D eigenvalue weighted by atomic mass is 10.1. The molecule has 0 radical (unpaired) electrons. The van der Waals surface area contributed by atoms with Crippen LogP contribution >= 0.6 is 0 Å². The first kappa shape index (κ1) is 8.81. The van der Waals surface area contributed by atoms with Crippen molar-refractivity contribution in [1.82, 2.24) is 0 Å². The van der Waals surface area contributed by atoms with Gasteiger partial charge in [-0.3, -0.25) is 0 Å². The molecule has 0 saturated heterocycles. The molecule has 64 valence electrons. The molecule has 0 aliphatic heterocycles. The highest BCUT2D eigenvalue weighted by atomic mass is 14.7. The van der Waals surface area contributed by atoms with Gasteiger partial charge in [0.2, 0.25) is 0 Å². The van der Waals surface area contributed by atoms with Gasteiger partial charge in [0.1, 0.15) is 0 Å². The van der Waals surface area contributed by atoms with Crippen molar-refractivity contribution < 1.29 is 0 Å². The minimum Gasteiger partial charge on any atom is -0.401 e. The van der Waals surface area contributed by atoms with Gasteiger partial charge >= 0.3 is 0 Å². The number of rotatable bonds is 3. The average molecular weight is 162 g/mol. The van der Waals surface area contributed by atoms with Gasteiger partial charge < -0.3 is 11.5 Å². The second kappa shape index (κ2) is 3.93. The Hall–Kier alpha value is -1.28. The van der Waals surface area contributed by atoms with Gasteiger partial charge in [-0.25, -0.2) is 0 Å². The van der Waals surface area contributed by atoms with E-state index >= 15 is 0 Å². The Morgan fingerprint density at radius 3 is 2.42 bits per heavy atom. The maximum absolute atomic E-state index is 5.72. The van der Waals surface area contributed by atoms with Gasteiger partial charge in [0.25, 0.3) is 0 Å². The quantitative estimate of drug-likeness (QED) is 0.697. The lowest BCUT2D eigenvalue weighted by Crippen LogP contribution is -2.28. The highest BCUT2D eigenvalue weighted by Gasteiger charge is 2.03. The van der Waals surface area contributed by atoms with Gasteiger partial charge in [-0.05, 0) is 12.0 Å². The molecular weight excluding hydrogens is 148 g/mol. The topological polar surface area (TPSA) is 52.0 Å². The van der Waals surface area contributed by atoms with Crippen molar-refractivity contribution in [2.75, 3.05) is 0 Å². The molecule has 0 spiro atoms. The molecule has 1 atom stereocenters. The minimum atomic E-state index is -0.132. The van der Waals surface area contributed by atoms with Crippen LogP contribution in [0.25, 0.3) is 0 Å². The van der Waals surface area contributed by atoms with E-state index in [0.717, 1.165) is 6.42 Å². The molecule has 0 aromatic heterocycles. The van der Waals surface area contributed by atoms with Crippen molar-refractivity contribution in [3.8, 4) is 0 Å². The van der Waals surface area contributed by atoms with E-state index < -0.39 is 0 Å². The van der Waals surface area contributed by atoms with E-state index in [4.69, 9.17) is 11.5 Å².